The summed E-state index contributed by atoms with van der Waals surface area (Å²) >= 11 is 0. The van der Waals surface area contributed by atoms with Gasteiger partial charge in [0.05, 0.1) is 0 Å². The minimum absolute atomic E-state index is 0.165. The molecule has 0 aliphatic carbocycles. The van der Waals surface area contributed by atoms with Gasteiger partial charge in [-0.15, -0.1) is 0 Å². The molecule has 0 spiro atoms. The first kappa shape index (κ1) is 13.9. The van der Waals surface area contributed by atoms with Gasteiger partial charge in [0.15, 0.2) is 0 Å². The van der Waals surface area contributed by atoms with Crippen LogP contribution in [0.2, 0.25) is 0 Å². The second kappa shape index (κ2) is 6.54. The summed E-state index contributed by atoms with van der Waals surface area (Å²) in [6, 6.07) is 5.83. The molecule has 0 aliphatic heterocycles. The number of carboxylic acids is 1. The number of hydrogen-bond donors (Lipinski definition) is 2. The molecule has 1 atom stereocenters. The zero-order chi connectivity index (χ0) is 13.5. The lowest BCUT2D eigenvalue weighted by atomic mass is 10.1. The average Bonchev–Trinajstić information content (AvgIpc) is 2.29. The van der Waals surface area contributed by atoms with Crippen molar-refractivity contribution in [1.82, 2.24) is 5.32 Å². The van der Waals surface area contributed by atoms with Gasteiger partial charge in [0.25, 0.3) is 0 Å². The maximum Gasteiger partial charge on any atom is 0.328 e. The number of halogens is 1. The van der Waals surface area contributed by atoms with Crippen molar-refractivity contribution in [2.24, 2.45) is 0 Å². The van der Waals surface area contributed by atoms with Gasteiger partial charge in [-0.05, 0) is 31.0 Å². The van der Waals surface area contributed by atoms with Gasteiger partial charge in [0.1, 0.15) is 5.82 Å². The van der Waals surface area contributed by atoms with E-state index >= 15 is 0 Å². The van der Waals surface area contributed by atoms with Gasteiger partial charge >= 0.3 is 5.97 Å². The Bertz CT molecular complexity index is 454. The van der Waals surface area contributed by atoms with Crippen molar-refractivity contribution >= 4 is 11.9 Å². The molecule has 18 heavy (non-hydrogen) atoms. The highest BCUT2D eigenvalue weighted by atomic mass is 19.1. The van der Waals surface area contributed by atoms with E-state index in [0.29, 0.717) is 6.42 Å². The monoisotopic (exact) mass is 251 g/mol. The number of benzene rings is 1. The second-order valence-corrected chi connectivity index (χ2v) is 3.91. The maximum absolute atomic E-state index is 12.7. The fourth-order valence-electron chi connectivity index (χ4n) is 1.46. The van der Waals surface area contributed by atoms with E-state index < -0.39 is 11.9 Å². The molecule has 0 saturated carbocycles. The molecule has 0 fully saturated rings. The lowest BCUT2D eigenvalue weighted by Crippen LogP contribution is -2.32. The van der Waals surface area contributed by atoms with E-state index in [2.05, 4.69) is 5.32 Å². The predicted molar refractivity (Wildman–Crippen MR) is 64.5 cm³/mol. The molecule has 0 aliphatic rings. The molecular weight excluding hydrogens is 237 g/mol. The molecule has 1 rings (SSSR count). The van der Waals surface area contributed by atoms with Crippen LogP contribution in [0.3, 0.4) is 0 Å². The minimum Gasteiger partial charge on any atom is -0.478 e. The van der Waals surface area contributed by atoms with Crippen molar-refractivity contribution in [2.45, 2.75) is 19.4 Å². The van der Waals surface area contributed by atoms with Crippen molar-refractivity contribution in [3.8, 4) is 0 Å². The summed E-state index contributed by atoms with van der Waals surface area (Å²) in [6.07, 6.45) is 2.29. The number of amides is 1. The summed E-state index contributed by atoms with van der Waals surface area (Å²) in [5.74, 6) is -1.94. The van der Waals surface area contributed by atoms with Gasteiger partial charge in [0.2, 0.25) is 5.91 Å². The normalized spacial score (nSPS) is 12.3. The minimum atomic E-state index is -1.17. The SMILES string of the molecule is CC(Cc1ccc(F)cc1)NC(=O)C=CC(=O)O. The van der Waals surface area contributed by atoms with Crippen molar-refractivity contribution in [2.75, 3.05) is 0 Å². The van der Waals surface area contributed by atoms with E-state index in [1.54, 1.807) is 19.1 Å². The Morgan fingerprint density at radius 3 is 2.50 bits per heavy atom. The lowest BCUT2D eigenvalue weighted by molar-refractivity contribution is -0.131. The van der Waals surface area contributed by atoms with Crippen molar-refractivity contribution in [1.29, 1.82) is 0 Å². The van der Waals surface area contributed by atoms with E-state index in [1.807, 2.05) is 0 Å². The molecule has 96 valence electrons. The first-order valence-electron chi connectivity index (χ1n) is 5.43. The summed E-state index contributed by atoms with van der Waals surface area (Å²) in [5.41, 5.74) is 0.895. The highest BCUT2D eigenvalue weighted by molar-refractivity contribution is 5.93. The van der Waals surface area contributed by atoms with Crippen LogP contribution in [0.1, 0.15) is 12.5 Å². The van der Waals surface area contributed by atoms with Crippen LogP contribution in [0.5, 0.6) is 0 Å². The third-order valence-electron chi connectivity index (χ3n) is 2.22. The van der Waals surface area contributed by atoms with Crippen LogP contribution in [0, 0.1) is 5.82 Å². The number of aliphatic carboxylic acids is 1. The van der Waals surface area contributed by atoms with Gasteiger partial charge < -0.3 is 10.4 Å². The zero-order valence-electron chi connectivity index (χ0n) is 9.89. The molecule has 0 aromatic heterocycles. The van der Waals surface area contributed by atoms with Crippen LogP contribution >= 0.6 is 0 Å². The van der Waals surface area contributed by atoms with Gasteiger partial charge in [-0.1, -0.05) is 12.1 Å². The average molecular weight is 251 g/mol. The molecule has 1 aromatic carbocycles. The number of hydrogen-bond acceptors (Lipinski definition) is 2. The number of carbonyl (C=O) groups is 2. The summed E-state index contributed by atoms with van der Waals surface area (Å²) in [6.45, 7) is 1.79. The molecule has 0 saturated heterocycles. The van der Waals surface area contributed by atoms with Gasteiger partial charge in [0, 0.05) is 18.2 Å². The molecule has 4 nitrogen and oxygen atoms in total. The quantitative estimate of drug-likeness (QED) is 0.780. The Labute approximate surface area is 104 Å². The highest BCUT2D eigenvalue weighted by Crippen LogP contribution is 2.05. The largest absolute Gasteiger partial charge is 0.478 e. The van der Waals surface area contributed by atoms with Crippen LogP contribution in [-0.4, -0.2) is 23.0 Å². The second-order valence-electron chi connectivity index (χ2n) is 3.91. The topological polar surface area (TPSA) is 66.4 Å². The molecule has 0 radical (unpaired) electrons. The molecule has 2 N–H and O–H groups in total. The lowest BCUT2D eigenvalue weighted by Gasteiger charge is -2.12. The first-order valence-corrected chi connectivity index (χ1v) is 5.43. The number of carboxylic acid groups (broad SMARTS) is 1. The Morgan fingerprint density at radius 1 is 1.33 bits per heavy atom. The molecule has 1 amide bonds. The Morgan fingerprint density at radius 2 is 1.94 bits per heavy atom. The molecule has 0 bridgehead atoms. The first-order chi connectivity index (χ1) is 8.47. The number of nitrogens with one attached hydrogen (secondary N) is 1. The predicted octanol–water partition coefficient (Wildman–Crippen LogP) is 1.51. The maximum atomic E-state index is 12.7. The summed E-state index contributed by atoms with van der Waals surface area (Å²) in [7, 11) is 0. The molecule has 0 heterocycles. The van der Waals surface area contributed by atoms with Crippen LogP contribution in [0.4, 0.5) is 4.39 Å². The van der Waals surface area contributed by atoms with Crippen molar-refractivity contribution in [3.05, 3.63) is 47.8 Å². The summed E-state index contributed by atoms with van der Waals surface area (Å²) < 4.78 is 12.7. The van der Waals surface area contributed by atoms with Gasteiger partial charge in [-0.2, -0.15) is 0 Å². The zero-order valence-corrected chi connectivity index (χ0v) is 9.89. The molecular formula is C13H14FNO3. The number of rotatable bonds is 5. The van der Waals surface area contributed by atoms with Crippen molar-refractivity contribution < 1.29 is 19.1 Å². The number of carbonyl (C=O) groups excluding carboxylic acids is 1. The standard InChI is InChI=1S/C13H14FNO3/c1-9(15-12(16)6-7-13(17)18)8-10-2-4-11(14)5-3-10/h2-7,9H,8H2,1H3,(H,15,16)(H,17,18). The molecule has 5 heteroatoms. The molecule has 1 unspecified atom stereocenters. The third kappa shape index (κ3) is 5.25. The van der Waals surface area contributed by atoms with Crippen LogP contribution in [0.25, 0.3) is 0 Å². The van der Waals surface area contributed by atoms with E-state index in [1.165, 1.54) is 12.1 Å². The van der Waals surface area contributed by atoms with Crippen LogP contribution in [-0.2, 0) is 16.0 Å². The van der Waals surface area contributed by atoms with E-state index in [-0.39, 0.29) is 11.9 Å². The molecule has 1 aromatic rings. The van der Waals surface area contributed by atoms with Gasteiger partial charge in [-0.3, -0.25) is 4.79 Å². The smallest absolute Gasteiger partial charge is 0.328 e. The van der Waals surface area contributed by atoms with E-state index in [9.17, 15) is 14.0 Å². The van der Waals surface area contributed by atoms with Crippen LogP contribution in [0.15, 0.2) is 36.4 Å². The fourth-order valence-corrected chi connectivity index (χ4v) is 1.46. The Kier molecular flexibility index (Phi) is 5.05. The van der Waals surface area contributed by atoms with Crippen molar-refractivity contribution in [3.63, 3.8) is 0 Å². The van der Waals surface area contributed by atoms with Gasteiger partial charge in [-0.25, -0.2) is 9.18 Å². The summed E-state index contributed by atoms with van der Waals surface area (Å²) in [5, 5.41) is 11.0. The van der Waals surface area contributed by atoms with E-state index in [4.69, 9.17) is 5.11 Å². The van der Waals surface area contributed by atoms with Crippen LogP contribution < -0.4 is 5.32 Å². The summed E-state index contributed by atoms with van der Waals surface area (Å²) in [4.78, 5) is 21.5. The highest BCUT2D eigenvalue weighted by Gasteiger charge is 2.06. The Balaban J connectivity index is 2.46. The fraction of sp³-hybridized carbons (Fsp3) is 0.231. The Hall–Kier alpha value is -2.17. The van der Waals surface area contributed by atoms with E-state index in [0.717, 1.165) is 17.7 Å². The third-order valence-corrected chi connectivity index (χ3v) is 2.22.